The number of aromatic nitrogens is 6. The van der Waals surface area contributed by atoms with Gasteiger partial charge in [-0.05, 0) is 197 Å². The molecule has 4 aromatic heterocycles. The van der Waals surface area contributed by atoms with Gasteiger partial charge in [-0.3, -0.25) is 62.3 Å². The molecule has 6 aliphatic heterocycles. The fraction of sp³-hybridized carbons (Fsp3) is 0.514. The van der Waals surface area contributed by atoms with E-state index in [1.807, 2.05) is 97.3 Å². The molecule has 2 spiro atoms. The van der Waals surface area contributed by atoms with Crippen LogP contribution in [0.4, 0.5) is 0 Å². The van der Waals surface area contributed by atoms with Crippen molar-refractivity contribution in [1.82, 2.24) is 97.4 Å². The third-order valence-electron chi connectivity index (χ3n) is 30.7. The van der Waals surface area contributed by atoms with Gasteiger partial charge < -0.3 is 94.5 Å². The number of fused-ring (bicyclic) bond motifs is 12. The van der Waals surface area contributed by atoms with E-state index in [9.17, 15) is 47.9 Å². The van der Waals surface area contributed by atoms with Crippen LogP contribution in [0.3, 0.4) is 0 Å². The van der Waals surface area contributed by atoms with Crippen molar-refractivity contribution in [3.8, 4) is 0 Å². The molecule has 14 atom stereocenters. The summed E-state index contributed by atoms with van der Waals surface area (Å²) in [6.07, 6.45) is 31.3. The zero-order valence-electron chi connectivity index (χ0n) is 78.9. The SMILES string of the molecule is C.C.C.NCC[C@@H]1NC(=O)[C@H](Cc2c[nH]c3ccccc23)NC(=O)C2(CCCC2)NC(=O)[C@H](CC2=CCc3ccccc32)NC(=O)[C@@H]2C[C@@H]3CCCC[C@@H]3N2C(=O)[C@H]2CCCN2C1=O.O=C1NC2(CCCC2)C(=O)N[C@@H](Cc2c[nH]c3ccccc23)C(=O)N[C@@H](CCNCc2cnc[nH]2)C(=O)N2CCC[C@@H]2C(=O)N2[C@@H](C[C@@H]3CCCC[C@@H]32)C(=O)N[C@H]1CC1=CCc2ccccc21.O=Cc1cnc[nH]1.[B].[H-].[Na+]. The molecule has 10 fully saturated rings. The maximum atomic E-state index is 15.2. The van der Waals surface area contributed by atoms with Crippen molar-refractivity contribution in [1.29, 1.82) is 0 Å². The zero-order valence-corrected chi connectivity index (χ0v) is 79.9. The minimum absolute atomic E-state index is 0. The van der Waals surface area contributed by atoms with E-state index >= 15 is 14.4 Å². The molecule has 33 nitrogen and oxygen atoms in total. The predicted molar refractivity (Wildman–Crippen MR) is 531 cm³/mol. The summed E-state index contributed by atoms with van der Waals surface area (Å²) in [4.78, 5) is 215. The van der Waals surface area contributed by atoms with Crippen molar-refractivity contribution < 1.29 is 93.3 Å². The molecule has 6 saturated heterocycles. The van der Waals surface area contributed by atoms with Gasteiger partial charge in [0.1, 0.15) is 71.5 Å². The monoisotopic (exact) mass is 1920 g/mol. The number of aldehydes is 1. The minimum atomic E-state index is -1.37. The molecule has 3 radical (unpaired) electrons. The fourth-order valence-corrected chi connectivity index (χ4v) is 23.7. The number of para-hydroxylation sites is 2. The Bertz CT molecular complexity index is 5840. The van der Waals surface area contributed by atoms with Crippen molar-refractivity contribution in [2.45, 2.75) is 305 Å². The molecule has 0 bridgehead atoms. The molecular weight excluding hydrogens is 1780 g/mol. The Morgan fingerprint density at radius 1 is 0.436 bits per heavy atom. The predicted octanol–water partition coefficient (Wildman–Crippen LogP) is 5.69. The van der Waals surface area contributed by atoms with Gasteiger partial charge in [0.2, 0.25) is 70.9 Å². The molecule has 15 N–H and O–H groups in total. The van der Waals surface area contributed by atoms with Gasteiger partial charge in [0.05, 0.1) is 24.5 Å². The van der Waals surface area contributed by atoms with Gasteiger partial charge >= 0.3 is 29.6 Å². The number of nitrogens with zero attached hydrogens (tertiary/aromatic N) is 6. The number of H-pyrrole nitrogens is 4. The van der Waals surface area contributed by atoms with Crippen LogP contribution in [0.1, 0.15) is 240 Å². The molecule has 4 aromatic carbocycles. The van der Waals surface area contributed by atoms with Crippen LogP contribution in [-0.4, -0.2) is 245 Å². The average Bonchev–Trinajstić information content (AvgIpc) is 1.61. The summed E-state index contributed by atoms with van der Waals surface area (Å²) in [7, 11) is 0. The van der Waals surface area contributed by atoms with Gasteiger partial charge in [-0.1, -0.05) is 171 Å². The van der Waals surface area contributed by atoms with Gasteiger partial charge in [0.15, 0.2) is 6.29 Å². The molecule has 140 heavy (non-hydrogen) atoms. The molecule has 12 amide bonds. The Balaban J connectivity index is 0.000000227. The van der Waals surface area contributed by atoms with Crippen LogP contribution in [0, 0.1) is 11.8 Å². The first-order valence-electron chi connectivity index (χ1n) is 48.9. The van der Waals surface area contributed by atoms with Crippen molar-refractivity contribution in [2.24, 2.45) is 17.6 Å². The number of imidazole rings is 2. The van der Waals surface area contributed by atoms with Crippen LogP contribution >= 0.6 is 0 Å². The Kier molecular flexibility index (Phi) is 35.5. The van der Waals surface area contributed by atoms with Crippen molar-refractivity contribution in [3.63, 3.8) is 0 Å². The Labute approximate surface area is 843 Å². The molecule has 0 unspecified atom stereocenters. The standard InChI is InChI=1S/C51H62N10O6.C47H58N8O6.C4H4N2O.3CH4.B.Na.H/c62-45-40(25-34-27-54-38-14-5-4-13-37(34)38)58-50(67)51(20-7-8-21-51)59-46(63)41(24-32-18-17-31-10-1-3-12-36(31)32)57-47(64)44-26-33-11-2-6-15-42(33)61(44)49(66)43-16-9-23-60(43)48(65)39(56-45)19-22-52-28-35-29-53-30-55-35;48-22-19-35-44(59)54-23-9-16-39(54)45(60)55-38-15-6-2-11-30(38)26-40(55)43(58)51-37(24-29-18-17-28-10-1-3-12-32(28)29)42(57)53-47(20-7-8-21-47)46(61)52-36(41(56)50-35)25-31-27-49-34-14-5-4-13-33(31)34;7-2-4-1-5-3-6-4;;;;;;/h1,3-5,10,12-14,18,27,29-30,33,39-44,52,54H,2,6-9,11,15-17,19-26,28H2,(H,53,55)(H,56,62)(H,57,64)(H,58,67)(H,59,63);1,3-5,10,12-14,18,27,30,35-40,49H,2,6-9,11,15-17,19-26,48H2,(H,50,56)(H,51,58)(H,52,61)(H,53,57);1-3H,(H,5,6);3*1H4;;;/q;;;;;;;+1;-1/t33-,39-,40-,41-,42-,43+,44-;30-,35-,36-,37-,38-,39+,40-;;;;;;;/m00......./s1. The first kappa shape index (κ1) is 105. The number of benzene rings is 4. The number of amides is 12. The van der Waals surface area contributed by atoms with Crippen molar-refractivity contribution >= 4 is 119 Å². The van der Waals surface area contributed by atoms with Gasteiger partial charge in [-0.15, -0.1) is 0 Å². The summed E-state index contributed by atoms with van der Waals surface area (Å²) in [6, 6.07) is 21.3. The summed E-state index contributed by atoms with van der Waals surface area (Å²) < 4.78 is 0. The molecule has 20 rings (SSSR count). The molecule has 6 aliphatic carbocycles. The number of carbonyl (C=O) groups excluding carboxylic acids is 13. The number of hydrogen-bond acceptors (Lipinski definition) is 17. The average molecular weight is 1920 g/mol. The Morgan fingerprint density at radius 3 is 1.29 bits per heavy atom. The van der Waals surface area contributed by atoms with E-state index in [-0.39, 0.29) is 148 Å². The fourth-order valence-electron chi connectivity index (χ4n) is 23.7. The summed E-state index contributed by atoms with van der Waals surface area (Å²) in [6.45, 7) is 1.54. The zero-order chi connectivity index (χ0) is 93.4. The molecule has 4 saturated carbocycles. The van der Waals surface area contributed by atoms with Crippen LogP contribution < -0.4 is 83.1 Å². The van der Waals surface area contributed by atoms with E-state index in [4.69, 9.17) is 5.73 Å². The summed E-state index contributed by atoms with van der Waals surface area (Å²) in [5, 5.41) is 29.8. The van der Waals surface area contributed by atoms with E-state index in [1.54, 1.807) is 32.1 Å². The van der Waals surface area contributed by atoms with Crippen LogP contribution in [-0.2, 0) is 89.8 Å². The Hall–Kier alpha value is -11.8. The van der Waals surface area contributed by atoms with Crippen LogP contribution in [0.5, 0.6) is 0 Å². The number of rotatable bonds is 16. The molecular formula is C105H137BN20NaO13. The van der Waals surface area contributed by atoms with Gasteiger partial charge in [-0.2, -0.15) is 0 Å². The second-order valence-corrected chi connectivity index (χ2v) is 38.9. The number of carbonyl (C=O) groups is 13. The third-order valence-corrected chi connectivity index (χ3v) is 30.7. The maximum absolute atomic E-state index is 15.2. The van der Waals surface area contributed by atoms with Crippen molar-refractivity contribution in [2.75, 3.05) is 26.2 Å². The van der Waals surface area contributed by atoms with E-state index in [0.717, 1.165) is 123 Å². The third kappa shape index (κ3) is 22.5. The van der Waals surface area contributed by atoms with E-state index in [1.165, 1.54) is 12.5 Å². The second kappa shape index (κ2) is 47.2. The first-order valence-corrected chi connectivity index (χ1v) is 48.9. The number of aromatic amines is 4. The van der Waals surface area contributed by atoms with E-state index in [0.29, 0.717) is 141 Å². The van der Waals surface area contributed by atoms with Crippen LogP contribution in [0.15, 0.2) is 147 Å². The molecule has 35 heteroatoms. The summed E-state index contributed by atoms with van der Waals surface area (Å²) in [5.74, 6) is -4.94. The van der Waals surface area contributed by atoms with Gasteiger partial charge in [-0.25, -0.2) is 9.97 Å². The molecule has 12 aliphatic rings. The van der Waals surface area contributed by atoms with Crippen LogP contribution in [0.2, 0.25) is 0 Å². The molecule has 8 aromatic rings. The largest absolute Gasteiger partial charge is 1.00 e. The first-order chi connectivity index (χ1) is 65.7. The minimum Gasteiger partial charge on any atom is -1.00 e. The topological polar surface area (TPSA) is 458 Å². The number of nitrogens with two attached hydrogens (primary N) is 1. The smallest absolute Gasteiger partial charge is 1.00 e. The van der Waals surface area contributed by atoms with Gasteiger partial charge in [0, 0.05) is 112 Å². The van der Waals surface area contributed by atoms with Gasteiger partial charge in [0.25, 0.3) is 0 Å². The van der Waals surface area contributed by atoms with E-state index in [2.05, 4.69) is 102 Å². The Morgan fingerprint density at radius 2 is 0.857 bits per heavy atom. The number of hydrogen-bond donors (Lipinski definition) is 14. The molecule has 739 valence electrons. The van der Waals surface area contributed by atoms with E-state index < -0.39 is 125 Å². The second-order valence-electron chi connectivity index (χ2n) is 38.9. The summed E-state index contributed by atoms with van der Waals surface area (Å²) in [5.41, 5.74) is 14.2. The molecule has 10 heterocycles. The normalized spacial score (nSPS) is 26.7. The number of allylic oxidation sites excluding steroid dienone is 2. The number of nitrogens with one attached hydrogen (secondary N) is 13. The maximum Gasteiger partial charge on any atom is 1.00 e. The van der Waals surface area contributed by atoms with Crippen LogP contribution in [0.25, 0.3) is 33.0 Å². The van der Waals surface area contributed by atoms with Crippen molar-refractivity contribution in [3.05, 3.63) is 191 Å². The summed E-state index contributed by atoms with van der Waals surface area (Å²) >= 11 is 0. The quantitative estimate of drug-likeness (QED) is 0.0314.